The molecule has 0 unspecified atom stereocenters. The van der Waals surface area contributed by atoms with Crippen LogP contribution in [0.3, 0.4) is 0 Å². The molecule has 1 aliphatic rings. The smallest absolute Gasteiger partial charge is 0.191 e. The van der Waals surface area contributed by atoms with Crippen molar-refractivity contribution < 1.29 is 13.9 Å². The average Bonchev–Trinajstić information content (AvgIpc) is 3.42. The molecule has 0 aliphatic heterocycles. The van der Waals surface area contributed by atoms with Gasteiger partial charge in [-0.05, 0) is 56.7 Å². The fourth-order valence-corrected chi connectivity index (χ4v) is 2.34. The molecule has 0 heterocycles. The second-order valence-corrected chi connectivity index (χ2v) is 6.19. The zero-order chi connectivity index (χ0) is 17.9. The van der Waals surface area contributed by atoms with Crippen LogP contribution in [0.1, 0.15) is 38.7 Å². The summed E-state index contributed by atoms with van der Waals surface area (Å²) in [5.41, 5.74) is 0.811. The second-order valence-electron chi connectivity index (χ2n) is 6.19. The minimum atomic E-state index is -0.347. The third-order valence-electron chi connectivity index (χ3n) is 3.87. The highest BCUT2D eigenvalue weighted by atomic mass is 127. The number of hydrogen-bond acceptors (Lipinski definition) is 3. The Labute approximate surface area is 173 Å². The lowest BCUT2D eigenvalue weighted by molar-refractivity contribution is 0.123. The summed E-state index contributed by atoms with van der Waals surface area (Å²) in [7, 11) is 0. The van der Waals surface area contributed by atoms with Crippen LogP contribution in [0.15, 0.2) is 23.2 Å². The minimum Gasteiger partial charge on any atom is -0.491 e. The van der Waals surface area contributed by atoms with E-state index in [1.807, 2.05) is 19.9 Å². The van der Waals surface area contributed by atoms with E-state index in [2.05, 4.69) is 15.6 Å². The van der Waals surface area contributed by atoms with E-state index in [1.54, 1.807) is 6.07 Å². The minimum absolute atomic E-state index is 0. The molecule has 0 atom stereocenters. The Kier molecular flexibility index (Phi) is 11.6. The van der Waals surface area contributed by atoms with Crippen molar-refractivity contribution in [3.05, 3.63) is 29.6 Å². The molecule has 0 amide bonds. The lowest BCUT2D eigenvalue weighted by Gasteiger charge is -2.12. The average molecular weight is 479 g/mol. The first-order chi connectivity index (χ1) is 12.2. The van der Waals surface area contributed by atoms with Gasteiger partial charge in [-0.25, -0.2) is 9.38 Å². The van der Waals surface area contributed by atoms with Crippen LogP contribution in [0.25, 0.3) is 0 Å². The monoisotopic (exact) mass is 479 g/mol. The number of nitrogens with zero attached hydrogens (tertiary/aromatic N) is 1. The molecule has 26 heavy (non-hydrogen) atoms. The molecule has 2 rings (SSSR count). The van der Waals surface area contributed by atoms with Crippen LogP contribution in [0.2, 0.25) is 0 Å². The molecule has 2 N–H and O–H groups in total. The number of ether oxygens (including phenoxy) is 2. The Hall–Kier alpha value is -1.09. The summed E-state index contributed by atoms with van der Waals surface area (Å²) >= 11 is 0. The molecule has 5 nitrogen and oxygen atoms in total. The largest absolute Gasteiger partial charge is 0.491 e. The van der Waals surface area contributed by atoms with Gasteiger partial charge in [-0.3, -0.25) is 0 Å². The van der Waals surface area contributed by atoms with Gasteiger partial charge < -0.3 is 20.1 Å². The van der Waals surface area contributed by atoms with Crippen LogP contribution < -0.4 is 15.4 Å². The van der Waals surface area contributed by atoms with Gasteiger partial charge in [0.05, 0.1) is 13.2 Å². The molecule has 1 aliphatic carbocycles. The molecule has 0 spiro atoms. The first kappa shape index (κ1) is 23.0. The molecule has 1 saturated carbocycles. The summed E-state index contributed by atoms with van der Waals surface area (Å²) in [5.74, 6) is 1.48. The van der Waals surface area contributed by atoms with E-state index in [1.165, 1.54) is 18.9 Å². The third kappa shape index (κ3) is 9.02. The molecule has 0 aromatic heterocycles. The molecule has 1 aromatic carbocycles. The highest BCUT2D eigenvalue weighted by Gasteiger charge is 2.20. The number of rotatable bonds is 11. The number of nitrogens with one attached hydrogen (secondary N) is 2. The number of aliphatic imine (C=N–C) groups is 1. The molecule has 0 bridgehead atoms. The zero-order valence-electron chi connectivity index (χ0n) is 15.7. The van der Waals surface area contributed by atoms with Gasteiger partial charge >= 0.3 is 0 Å². The number of hydrogen-bond donors (Lipinski definition) is 2. The predicted molar refractivity (Wildman–Crippen MR) is 114 cm³/mol. The van der Waals surface area contributed by atoms with E-state index >= 15 is 0 Å². The molecular weight excluding hydrogens is 448 g/mol. The Morgan fingerprint density at radius 3 is 2.73 bits per heavy atom. The fourth-order valence-electron chi connectivity index (χ4n) is 2.34. The van der Waals surface area contributed by atoms with E-state index < -0.39 is 0 Å². The van der Waals surface area contributed by atoms with Crippen LogP contribution in [-0.2, 0) is 11.3 Å². The van der Waals surface area contributed by atoms with Crippen molar-refractivity contribution in [1.82, 2.24) is 10.6 Å². The second kappa shape index (κ2) is 13.1. The van der Waals surface area contributed by atoms with Gasteiger partial charge in [0.25, 0.3) is 0 Å². The van der Waals surface area contributed by atoms with Crippen molar-refractivity contribution in [2.45, 2.75) is 39.7 Å². The van der Waals surface area contributed by atoms with Gasteiger partial charge in [0.2, 0.25) is 0 Å². The van der Waals surface area contributed by atoms with Crippen molar-refractivity contribution in [3.63, 3.8) is 0 Å². The lowest BCUT2D eigenvalue weighted by Crippen LogP contribution is -2.38. The Bertz CT molecular complexity index is 554. The topological polar surface area (TPSA) is 54.9 Å². The Morgan fingerprint density at radius 1 is 1.27 bits per heavy atom. The van der Waals surface area contributed by atoms with Crippen molar-refractivity contribution in [1.29, 1.82) is 0 Å². The Balaban J connectivity index is 0.00000338. The van der Waals surface area contributed by atoms with Gasteiger partial charge in [-0.15, -0.1) is 24.0 Å². The number of halogens is 2. The summed E-state index contributed by atoms with van der Waals surface area (Å²) in [6.07, 6.45) is 3.58. The van der Waals surface area contributed by atoms with Crippen LogP contribution >= 0.6 is 24.0 Å². The van der Waals surface area contributed by atoms with E-state index in [9.17, 15) is 4.39 Å². The summed E-state index contributed by atoms with van der Waals surface area (Å²) in [6.45, 7) is 7.97. The third-order valence-corrected chi connectivity index (χ3v) is 3.87. The van der Waals surface area contributed by atoms with E-state index in [0.29, 0.717) is 13.2 Å². The van der Waals surface area contributed by atoms with Crippen LogP contribution in [0.5, 0.6) is 5.75 Å². The van der Waals surface area contributed by atoms with E-state index in [-0.39, 0.29) is 35.5 Å². The maximum Gasteiger partial charge on any atom is 0.191 e. The fraction of sp³-hybridized carbons (Fsp3) is 0.632. The van der Waals surface area contributed by atoms with E-state index in [4.69, 9.17) is 9.47 Å². The van der Waals surface area contributed by atoms with Crippen LogP contribution in [-0.4, -0.2) is 38.9 Å². The molecule has 7 heteroatoms. The molecule has 0 saturated heterocycles. The summed E-state index contributed by atoms with van der Waals surface area (Å²) in [4.78, 5) is 4.50. The zero-order valence-corrected chi connectivity index (χ0v) is 18.1. The lowest BCUT2D eigenvalue weighted by atomic mass is 10.2. The van der Waals surface area contributed by atoms with Crippen molar-refractivity contribution in [3.8, 4) is 5.75 Å². The molecular formula is C19H31FIN3O2. The van der Waals surface area contributed by atoms with Crippen LogP contribution in [0.4, 0.5) is 4.39 Å². The molecule has 148 valence electrons. The van der Waals surface area contributed by atoms with Gasteiger partial charge in [0, 0.05) is 26.3 Å². The summed E-state index contributed by atoms with van der Waals surface area (Å²) in [5, 5.41) is 6.48. The van der Waals surface area contributed by atoms with Crippen molar-refractivity contribution in [2.75, 3.05) is 32.9 Å². The number of guanidine groups is 1. The summed E-state index contributed by atoms with van der Waals surface area (Å²) in [6, 6.07) is 4.97. The number of benzene rings is 1. The highest BCUT2D eigenvalue weighted by molar-refractivity contribution is 14.0. The van der Waals surface area contributed by atoms with Crippen molar-refractivity contribution >= 4 is 29.9 Å². The molecule has 1 aromatic rings. The van der Waals surface area contributed by atoms with Crippen molar-refractivity contribution in [2.24, 2.45) is 10.9 Å². The first-order valence-electron chi connectivity index (χ1n) is 9.24. The highest BCUT2D eigenvalue weighted by Crippen LogP contribution is 2.28. The normalized spacial score (nSPS) is 13.9. The van der Waals surface area contributed by atoms with E-state index in [0.717, 1.165) is 50.2 Å². The maximum atomic E-state index is 13.9. The molecule has 1 fully saturated rings. The van der Waals surface area contributed by atoms with Crippen LogP contribution in [0, 0.1) is 11.7 Å². The van der Waals surface area contributed by atoms with Gasteiger partial charge in [-0.1, -0.05) is 6.07 Å². The van der Waals surface area contributed by atoms with Gasteiger partial charge in [0.15, 0.2) is 17.5 Å². The van der Waals surface area contributed by atoms with Gasteiger partial charge in [0.1, 0.15) is 0 Å². The summed E-state index contributed by atoms with van der Waals surface area (Å²) < 4.78 is 24.7. The SMILES string of the molecule is CCNC(=NCc1ccc(OCC)c(F)c1)NCCCOCC1CC1.I. The quantitative estimate of drug-likeness (QED) is 0.220. The Morgan fingerprint density at radius 2 is 2.08 bits per heavy atom. The molecule has 0 radical (unpaired) electrons. The maximum absolute atomic E-state index is 13.9. The predicted octanol–water partition coefficient (Wildman–Crippen LogP) is 3.71. The van der Waals surface area contributed by atoms with Gasteiger partial charge in [-0.2, -0.15) is 0 Å². The standard InChI is InChI=1S/C19H30FN3O2.HI/c1-3-21-19(22-10-5-11-24-14-15-6-7-15)23-13-16-8-9-18(25-4-2)17(20)12-16;/h8-9,12,15H,3-7,10-11,13-14H2,1-2H3,(H2,21,22,23);1H. The first-order valence-corrected chi connectivity index (χ1v) is 9.24.